The number of hydrogen-bond acceptors (Lipinski definition) is 2. The first-order valence-electron chi connectivity index (χ1n) is 5.46. The number of rotatable bonds is 2. The molecule has 0 aromatic rings. The van der Waals surface area contributed by atoms with Gasteiger partial charge in [-0.05, 0) is 50.4 Å². The van der Waals surface area contributed by atoms with Crippen LogP contribution in [0.4, 0.5) is 0 Å². The summed E-state index contributed by atoms with van der Waals surface area (Å²) in [6.45, 7) is 2.45. The first-order valence-corrected chi connectivity index (χ1v) is 5.46. The summed E-state index contributed by atoms with van der Waals surface area (Å²) >= 11 is 0. The highest BCUT2D eigenvalue weighted by atomic mass is 16.5. The molecule has 0 aromatic heterocycles. The average molecular weight is 180 g/mol. The third-order valence-corrected chi connectivity index (χ3v) is 4.49. The quantitative estimate of drug-likeness (QED) is 0.607. The van der Waals surface area contributed by atoms with Crippen molar-refractivity contribution in [2.24, 2.45) is 23.2 Å². The second-order valence-corrected chi connectivity index (χ2v) is 4.84. The Hall–Kier alpha value is -0.530. The van der Waals surface area contributed by atoms with E-state index in [1.165, 1.54) is 19.3 Å². The minimum absolute atomic E-state index is 0.0267. The maximum Gasteiger partial charge on any atom is 0.312 e. The molecule has 0 aromatic carbocycles. The van der Waals surface area contributed by atoms with Crippen LogP contribution in [0.1, 0.15) is 32.6 Å². The molecular weight excluding hydrogens is 164 g/mol. The van der Waals surface area contributed by atoms with Crippen molar-refractivity contribution >= 4 is 5.97 Å². The lowest BCUT2D eigenvalue weighted by Gasteiger charge is -2.20. The molecule has 0 aliphatic heterocycles. The van der Waals surface area contributed by atoms with Crippen molar-refractivity contribution in [3.8, 4) is 0 Å². The number of carbonyl (C=O) groups excluding carboxylic acids is 1. The van der Waals surface area contributed by atoms with E-state index in [9.17, 15) is 4.79 Å². The molecule has 2 heteroatoms. The zero-order chi connectivity index (χ0) is 9.05. The van der Waals surface area contributed by atoms with Crippen molar-refractivity contribution in [1.82, 2.24) is 0 Å². The molecule has 2 bridgehead atoms. The van der Waals surface area contributed by atoms with Gasteiger partial charge in [0, 0.05) is 0 Å². The van der Waals surface area contributed by atoms with Crippen LogP contribution in [0.25, 0.3) is 0 Å². The van der Waals surface area contributed by atoms with E-state index >= 15 is 0 Å². The van der Waals surface area contributed by atoms with Gasteiger partial charge in [-0.1, -0.05) is 0 Å². The zero-order valence-electron chi connectivity index (χ0n) is 8.08. The van der Waals surface area contributed by atoms with Gasteiger partial charge >= 0.3 is 5.97 Å². The molecule has 72 valence electrons. The Kier molecular flexibility index (Phi) is 1.38. The van der Waals surface area contributed by atoms with Crippen molar-refractivity contribution in [2.45, 2.75) is 32.6 Å². The summed E-state index contributed by atoms with van der Waals surface area (Å²) in [7, 11) is 0. The molecule has 0 heterocycles. The largest absolute Gasteiger partial charge is 0.466 e. The lowest BCUT2D eigenvalue weighted by molar-refractivity contribution is -0.152. The monoisotopic (exact) mass is 180 g/mol. The van der Waals surface area contributed by atoms with Crippen LogP contribution >= 0.6 is 0 Å². The number of ether oxygens (including phenoxy) is 1. The summed E-state index contributed by atoms with van der Waals surface area (Å²) in [6, 6.07) is 0. The van der Waals surface area contributed by atoms with E-state index in [1.54, 1.807) is 0 Å². The standard InChI is InChI=1S/C11H16O2/c1-2-13-10(12)11-6-9(11)7-3-4-8(11)5-7/h7-9H,2-6H2,1H3/t7?,8?,9-,11-/m0/s1. The summed E-state index contributed by atoms with van der Waals surface area (Å²) < 4.78 is 5.18. The van der Waals surface area contributed by atoms with E-state index in [1.807, 2.05) is 6.92 Å². The Labute approximate surface area is 78.6 Å². The van der Waals surface area contributed by atoms with Gasteiger partial charge < -0.3 is 4.74 Å². The van der Waals surface area contributed by atoms with E-state index in [-0.39, 0.29) is 11.4 Å². The molecule has 0 amide bonds. The minimum Gasteiger partial charge on any atom is -0.466 e. The summed E-state index contributed by atoms with van der Waals surface area (Å²) in [6.07, 6.45) is 5.10. The Bertz CT molecular complexity index is 261. The molecule has 0 N–H and O–H groups in total. The first-order chi connectivity index (χ1) is 6.29. The Morgan fingerprint density at radius 3 is 3.00 bits per heavy atom. The Morgan fingerprint density at radius 1 is 1.54 bits per heavy atom. The molecule has 3 fully saturated rings. The molecular formula is C11H16O2. The van der Waals surface area contributed by atoms with Gasteiger partial charge in [-0.3, -0.25) is 4.79 Å². The van der Waals surface area contributed by atoms with Gasteiger partial charge in [0.25, 0.3) is 0 Å². The maximum atomic E-state index is 11.8. The second kappa shape index (κ2) is 2.28. The fraction of sp³-hybridized carbons (Fsp3) is 0.909. The van der Waals surface area contributed by atoms with Crippen LogP contribution in [0.15, 0.2) is 0 Å². The summed E-state index contributed by atoms with van der Waals surface area (Å²) in [4.78, 5) is 11.8. The summed E-state index contributed by atoms with van der Waals surface area (Å²) in [5.74, 6) is 2.38. The van der Waals surface area contributed by atoms with Gasteiger partial charge in [-0.15, -0.1) is 0 Å². The van der Waals surface area contributed by atoms with Crippen LogP contribution < -0.4 is 0 Å². The van der Waals surface area contributed by atoms with Crippen molar-refractivity contribution in [3.05, 3.63) is 0 Å². The number of esters is 1. The molecule has 3 rings (SSSR count). The van der Waals surface area contributed by atoms with Gasteiger partial charge in [-0.2, -0.15) is 0 Å². The smallest absolute Gasteiger partial charge is 0.312 e. The van der Waals surface area contributed by atoms with E-state index in [0.717, 1.165) is 12.3 Å². The van der Waals surface area contributed by atoms with Crippen LogP contribution in [0.2, 0.25) is 0 Å². The molecule has 13 heavy (non-hydrogen) atoms. The zero-order valence-corrected chi connectivity index (χ0v) is 8.08. The molecule has 3 aliphatic rings. The molecule has 0 saturated heterocycles. The van der Waals surface area contributed by atoms with Gasteiger partial charge in [0.15, 0.2) is 0 Å². The molecule has 0 spiro atoms. The van der Waals surface area contributed by atoms with Crippen molar-refractivity contribution in [2.75, 3.05) is 6.61 Å². The maximum absolute atomic E-state index is 11.8. The van der Waals surface area contributed by atoms with Crippen LogP contribution in [0, 0.1) is 23.2 Å². The van der Waals surface area contributed by atoms with Crippen LogP contribution in [-0.4, -0.2) is 12.6 Å². The predicted octanol–water partition coefficient (Wildman–Crippen LogP) is 1.99. The lowest BCUT2D eigenvalue weighted by atomic mass is 9.87. The lowest BCUT2D eigenvalue weighted by Crippen LogP contribution is -2.26. The van der Waals surface area contributed by atoms with Gasteiger partial charge in [0.1, 0.15) is 0 Å². The molecule has 3 saturated carbocycles. The van der Waals surface area contributed by atoms with Gasteiger partial charge in [0.2, 0.25) is 0 Å². The Morgan fingerprint density at radius 2 is 2.38 bits per heavy atom. The van der Waals surface area contributed by atoms with Crippen LogP contribution in [0.3, 0.4) is 0 Å². The molecule has 2 unspecified atom stereocenters. The first kappa shape index (κ1) is 7.84. The predicted molar refractivity (Wildman–Crippen MR) is 48.0 cm³/mol. The summed E-state index contributed by atoms with van der Waals surface area (Å²) in [5.41, 5.74) is 0.0267. The van der Waals surface area contributed by atoms with Crippen molar-refractivity contribution in [1.29, 1.82) is 0 Å². The minimum atomic E-state index is 0.0267. The van der Waals surface area contributed by atoms with Crippen molar-refractivity contribution in [3.63, 3.8) is 0 Å². The fourth-order valence-electron chi connectivity index (χ4n) is 3.88. The van der Waals surface area contributed by atoms with E-state index in [2.05, 4.69) is 0 Å². The highest BCUT2D eigenvalue weighted by molar-refractivity contribution is 5.82. The number of hydrogen-bond donors (Lipinski definition) is 0. The number of carbonyl (C=O) groups is 1. The summed E-state index contributed by atoms with van der Waals surface area (Å²) in [5, 5.41) is 0. The third kappa shape index (κ3) is 0.773. The SMILES string of the molecule is CCOC(=O)[C@]12C[C@H]1C1CCC2C1. The molecule has 0 radical (unpaired) electrons. The average Bonchev–Trinajstić information content (AvgIpc) is 2.64. The van der Waals surface area contributed by atoms with E-state index < -0.39 is 0 Å². The second-order valence-electron chi connectivity index (χ2n) is 4.84. The Balaban J connectivity index is 1.82. The number of fused-ring (bicyclic) bond motifs is 5. The topological polar surface area (TPSA) is 26.3 Å². The van der Waals surface area contributed by atoms with Crippen LogP contribution in [0.5, 0.6) is 0 Å². The molecule has 4 atom stereocenters. The van der Waals surface area contributed by atoms with E-state index in [4.69, 9.17) is 4.74 Å². The van der Waals surface area contributed by atoms with Crippen LogP contribution in [-0.2, 0) is 9.53 Å². The van der Waals surface area contributed by atoms with E-state index in [0.29, 0.717) is 18.4 Å². The highest BCUT2D eigenvalue weighted by Crippen LogP contribution is 2.74. The molecule has 3 aliphatic carbocycles. The van der Waals surface area contributed by atoms with Crippen molar-refractivity contribution < 1.29 is 9.53 Å². The molecule has 2 nitrogen and oxygen atoms in total. The van der Waals surface area contributed by atoms with Gasteiger partial charge in [0.05, 0.1) is 12.0 Å². The third-order valence-electron chi connectivity index (χ3n) is 4.49. The highest BCUT2D eigenvalue weighted by Gasteiger charge is 2.73. The fourth-order valence-corrected chi connectivity index (χ4v) is 3.88. The van der Waals surface area contributed by atoms with Gasteiger partial charge in [-0.25, -0.2) is 0 Å². The normalized spacial score (nSPS) is 50.4.